The summed E-state index contributed by atoms with van der Waals surface area (Å²) in [7, 11) is 0. The van der Waals surface area contributed by atoms with Gasteiger partial charge >= 0.3 is 0 Å². The van der Waals surface area contributed by atoms with Crippen LogP contribution in [0.2, 0.25) is 5.02 Å². The number of benzene rings is 2. The highest BCUT2D eigenvalue weighted by molar-refractivity contribution is 7.21. The van der Waals surface area contributed by atoms with E-state index in [-0.39, 0.29) is 0 Å². The van der Waals surface area contributed by atoms with Gasteiger partial charge in [-0.1, -0.05) is 48.0 Å². The van der Waals surface area contributed by atoms with E-state index >= 15 is 0 Å². The predicted molar refractivity (Wildman–Crippen MR) is 94.1 cm³/mol. The van der Waals surface area contributed by atoms with E-state index in [0.29, 0.717) is 0 Å². The van der Waals surface area contributed by atoms with Crippen LogP contribution in [-0.2, 0) is 0 Å². The first-order chi connectivity index (χ1) is 10.7. The Balaban J connectivity index is 1.91. The van der Waals surface area contributed by atoms with Gasteiger partial charge in [-0.3, -0.25) is 0 Å². The lowest BCUT2D eigenvalue weighted by atomic mass is 10.1. The Kier molecular flexibility index (Phi) is 3.25. The van der Waals surface area contributed by atoms with Crippen molar-refractivity contribution in [1.82, 2.24) is 9.78 Å². The fourth-order valence-electron chi connectivity index (χ4n) is 2.58. The maximum Gasteiger partial charge on any atom is 0.119 e. The van der Waals surface area contributed by atoms with Crippen LogP contribution in [0.1, 0.15) is 5.69 Å². The Morgan fingerprint density at radius 1 is 1.00 bits per heavy atom. The van der Waals surface area contributed by atoms with Crippen molar-refractivity contribution in [2.24, 2.45) is 0 Å². The summed E-state index contributed by atoms with van der Waals surface area (Å²) in [5, 5.41) is 7.73. The molecule has 108 valence electrons. The molecule has 0 saturated carbocycles. The van der Waals surface area contributed by atoms with Gasteiger partial charge in [-0.15, -0.1) is 11.3 Å². The number of nitrogens with zero attached hydrogens (tertiary/aromatic N) is 2. The summed E-state index contributed by atoms with van der Waals surface area (Å²) in [6.07, 6.45) is 0. The Labute approximate surface area is 137 Å². The summed E-state index contributed by atoms with van der Waals surface area (Å²) in [5.74, 6) is 0. The highest BCUT2D eigenvalue weighted by Gasteiger charge is 2.12. The van der Waals surface area contributed by atoms with E-state index in [4.69, 9.17) is 11.6 Å². The average Bonchev–Trinajstić information content (AvgIpc) is 3.11. The number of aromatic nitrogens is 2. The number of hydrogen-bond donors (Lipinski definition) is 0. The molecular formula is C18H13ClN2S. The van der Waals surface area contributed by atoms with E-state index in [1.807, 2.05) is 41.9 Å². The smallest absolute Gasteiger partial charge is 0.119 e. The molecule has 2 aromatic carbocycles. The maximum atomic E-state index is 6.09. The lowest BCUT2D eigenvalue weighted by Gasteiger charge is -2.04. The summed E-state index contributed by atoms with van der Waals surface area (Å²) in [4.78, 5) is 0. The number of rotatable bonds is 2. The van der Waals surface area contributed by atoms with Crippen molar-refractivity contribution in [2.75, 3.05) is 0 Å². The summed E-state index contributed by atoms with van der Waals surface area (Å²) in [6.45, 7) is 2.02. The summed E-state index contributed by atoms with van der Waals surface area (Å²) < 4.78 is 3.19. The Hall–Kier alpha value is -2.10. The van der Waals surface area contributed by atoms with Crippen LogP contribution < -0.4 is 0 Å². The van der Waals surface area contributed by atoms with Crippen LogP contribution in [0.3, 0.4) is 0 Å². The summed E-state index contributed by atoms with van der Waals surface area (Å²) in [5.41, 5.74) is 3.28. The molecule has 0 N–H and O–H groups in total. The van der Waals surface area contributed by atoms with E-state index in [9.17, 15) is 0 Å². The minimum Gasteiger partial charge on any atom is -0.223 e. The van der Waals surface area contributed by atoms with Gasteiger partial charge in [-0.25, -0.2) is 4.68 Å². The SMILES string of the molecule is Cc1cc(-c2ccccc2)n(-c2cc3ccc(Cl)cc3s2)n1. The van der Waals surface area contributed by atoms with Crippen LogP contribution in [0.4, 0.5) is 0 Å². The van der Waals surface area contributed by atoms with Gasteiger partial charge in [0.15, 0.2) is 0 Å². The van der Waals surface area contributed by atoms with E-state index < -0.39 is 0 Å². The van der Waals surface area contributed by atoms with Crippen molar-refractivity contribution in [3.63, 3.8) is 0 Å². The number of hydrogen-bond acceptors (Lipinski definition) is 2. The third kappa shape index (κ3) is 2.32. The quantitative estimate of drug-likeness (QED) is 0.461. The molecule has 0 saturated heterocycles. The lowest BCUT2D eigenvalue weighted by Crippen LogP contribution is -1.96. The van der Waals surface area contributed by atoms with Gasteiger partial charge in [0, 0.05) is 15.3 Å². The third-order valence-electron chi connectivity index (χ3n) is 3.58. The largest absolute Gasteiger partial charge is 0.223 e. The molecule has 0 spiro atoms. The van der Waals surface area contributed by atoms with Crippen molar-refractivity contribution >= 4 is 33.0 Å². The standard InChI is InChI=1S/C18H13ClN2S/c1-12-9-16(13-5-3-2-4-6-13)21(20-12)18-10-14-7-8-15(19)11-17(14)22-18/h2-11H,1H3. The second kappa shape index (κ2) is 5.27. The molecular weight excluding hydrogens is 312 g/mol. The van der Waals surface area contributed by atoms with Crippen LogP contribution in [0, 0.1) is 6.92 Å². The zero-order valence-electron chi connectivity index (χ0n) is 12.0. The highest BCUT2D eigenvalue weighted by atomic mass is 35.5. The van der Waals surface area contributed by atoms with Crippen LogP contribution in [-0.4, -0.2) is 9.78 Å². The molecule has 0 bridgehead atoms. The second-order valence-corrected chi connectivity index (χ2v) is 6.71. The minimum atomic E-state index is 0.765. The summed E-state index contributed by atoms with van der Waals surface area (Å²) in [6, 6.07) is 20.6. The van der Waals surface area contributed by atoms with Crippen molar-refractivity contribution in [2.45, 2.75) is 6.92 Å². The molecule has 0 aliphatic carbocycles. The number of thiophene rings is 1. The van der Waals surface area contributed by atoms with Gasteiger partial charge in [-0.2, -0.15) is 5.10 Å². The second-order valence-electron chi connectivity index (χ2n) is 5.22. The van der Waals surface area contributed by atoms with Gasteiger partial charge in [0.1, 0.15) is 5.00 Å². The van der Waals surface area contributed by atoms with Crippen LogP contribution in [0.25, 0.3) is 26.3 Å². The van der Waals surface area contributed by atoms with Crippen molar-refractivity contribution in [3.05, 3.63) is 71.4 Å². The zero-order chi connectivity index (χ0) is 15.1. The zero-order valence-corrected chi connectivity index (χ0v) is 13.5. The number of fused-ring (bicyclic) bond motifs is 1. The normalized spacial score (nSPS) is 11.2. The number of halogens is 1. The Bertz CT molecular complexity index is 954. The van der Waals surface area contributed by atoms with E-state index in [1.165, 1.54) is 15.6 Å². The van der Waals surface area contributed by atoms with Gasteiger partial charge in [0.05, 0.1) is 11.4 Å². The van der Waals surface area contributed by atoms with Crippen LogP contribution >= 0.6 is 22.9 Å². The van der Waals surface area contributed by atoms with Crippen LogP contribution in [0.5, 0.6) is 0 Å². The van der Waals surface area contributed by atoms with Crippen LogP contribution in [0.15, 0.2) is 60.7 Å². The molecule has 0 radical (unpaired) electrons. The molecule has 0 aliphatic rings. The molecule has 0 fully saturated rings. The molecule has 0 unspecified atom stereocenters. The van der Waals surface area contributed by atoms with E-state index in [2.05, 4.69) is 35.4 Å². The van der Waals surface area contributed by atoms with Gasteiger partial charge in [0.2, 0.25) is 0 Å². The van der Waals surface area contributed by atoms with E-state index in [1.54, 1.807) is 11.3 Å². The monoisotopic (exact) mass is 324 g/mol. The minimum absolute atomic E-state index is 0.765. The molecule has 2 heterocycles. The molecule has 4 heteroatoms. The molecule has 22 heavy (non-hydrogen) atoms. The average molecular weight is 325 g/mol. The molecule has 2 nitrogen and oxygen atoms in total. The van der Waals surface area contributed by atoms with E-state index in [0.717, 1.165) is 21.4 Å². The Morgan fingerprint density at radius 3 is 2.64 bits per heavy atom. The first-order valence-corrected chi connectivity index (χ1v) is 8.22. The topological polar surface area (TPSA) is 17.8 Å². The lowest BCUT2D eigenvalue weighted by molar-refractivity contribution is 0.885. The molecule has 4 rings (SSSR count). The van der Waals surface area contributed by atoms with Crippen molar-refractivity contribution in [3.8, 4) is 16.3 Å². The summed E-state index contributed by atoms with van der Waals surface area (Å²) >= 11 is 7.79. The third-order valence-corrected chi connectivity index (χ3v) is 4.89. The van der Waals surface area contributed by atoms with Gasteiger partial charge in [0.25, 0.3) is 0 Å². The Morgan fingerprint density at radius 2 is 1.82 bits per heavy atom. The fourth-order valence-corrected chi connectivity index (χ4v) is 3.88. The molecule has 0 aliphatic heterocycles. The first-order valence-electron chi connectivity index (χ1n) is 7.02. The molecule has 0 amide bonds. The first kappa shape index (κ1) is 13.6. The van der Waals surface area contributed by atoms with Gasteiger partial charge in [-0.05, 0) is 36.6 Å². The predicted octanol–water partition coefficient (Wildman–Crippen LogP) is 5.72. The van der Waals surface area contributed by atoms with Crippen molar-refractivity contribution in [1.29, 1.82) is 0 Å². The molecule has 2 aromatic heterocycles. The van der Waals surface area contributed by atoms with Crippen molar-refractivity contribution < 1.29 is 0 Å². The molecule has 4 aromatic rings. The number of aryl methyl sites for hydroxylation is 1. The maximum absolute atomic E-state index is 6.09. The highest BCUT2D eigenvalue weighted by Crippen LogP contribution is 2.33. The fraction of sp³-hybridized carbons (Fsp3) is 0.0556. The molecule has 0 atom stereocenters. The van der Waals surface area contributed by atoms with Gasteiger partial charge < -0.3 is 0 Å².